The van der Waals surface area contributed by atoms with Crippen molar-refractivity contribution in [2.75, 3.05) is 19.3 Å². The number of hydrogen-bond donors (Lipinski definition) is 0. The molecule has 116 valence electrons. The lowest BCUT2D eigenvalue weighted by atomic mass is 10.1. The number of carbonyl (C=O) groups excluding carboxylic acids is 1. The molecule has 5 heteroatoms. The molecule has 0 atom stereocenters. The van der Waals surface area contributed by atoms with Crippen molar-refractivity contribution in [2.45, 2.75) is 37.9 Å². The second-order valence-electron chi connectivity index (χ2n) is 5.77. The van der Waals surface area contributed by atoms with E-state index in [1.165, 1.54) is 11.8 Å². The van der Waals surface area contributed by atoms with Crippen LogP contribution in [0.2, 0.25) is 0 Å². The number of hydrogen-bond acceptors (Lipinski definition) is 3. The van der Waals surface area contributed by atoms with Gasteiger partial charge in [0.15, 0.2) is 0 Å². The molecule has 1 aliphatic heterocycles. The third kappa shape index (κ3) is 4.06. The number of aryl methyl sites for hydroxylation is 1. The summed E-state index contributed by atoms with van der Waals surface area (Å²) in [7, 11) is -2.99. The lowest BCUT2D eigenvalue weighted by Crippen LogP contribution is -2.42. The van der Waals surface area contributed by atoms with E-state index in [0.717, 1.165) is 12.8 Å². The van der Waals surface area contributed by atoms with E-state index in [1.807, 2.05) is 24.3 Å². The highest BCUT2D eigenvalue weighted by Gasteiger charge is 2.29. The first-order valence-corrected chi connectivity index (χ1v) is 9.44. The summed E-state index contributed by atoms with van der Waals surface area (Å²) in [6.45, 7) is 3.17. The van der Waals surface area contributed by atoms with Gasteiger partial charge in [0.25, 0.3) is 5.91 Å². The number of nitrogens with zero attached hydrogens (tertiary/aromatic N) is 1. The van der Waals surface area contributed by atoms with Gasteiger partial charge in [-0.3, -0.25) is 4.79 Å². The molecule has 1 fully saturated rings. The topological polar surface area (TPSA) is 54.5 Å². The minimum absolute atomic E-state index is 0.00463. The minimum atomic E-state index is -2.99. The van der Waals surface area contributed by atoms with Crippen LogP contribution in [0.3, 0.4) is 0 Å². The maximum Gasteiger partial charge on any atom is 0.253 e. The van der Waals surface area contributed by atoms with Crippen LogP contribution in [0.5, 0.6) is 0 Å². The normalized spacial score (nSPS) is 17.0. The predicted molar refractivity (Wildman–Crippen MR) is 84.2 cm³/mol. The summed E-state index contributed by atoms with van der Waals surface area (Å²) in [4.78, 5) is 14.2. The smallest absolute Gasteiger partial charge is 0.253 e. The van der Waals surface area contributed by atoms with Gasteiger partial charge >= 0.3 is 0 Å². The van der Waals surface area contributed by atoms with Crippen LogP contribution in [0.25, 0.3) is 0 Å². The average molecular weight is 309 g/mol. The Bertz CT molecular complexity index is 584. The summed E-state index contributed by atoms with van der Waals surface area (Å²) < 4.78 is 23.1. The molecule has 0 aromatic heterocycles. The van der Waals surface area contributed by atoms with E-state index in [-0.39, 0.29) is 11.2 Å². The number of amides is 1. The molecule has 21 heavy (non-hydrogen) atoms. The number of piperidine rings is 1. The first-order valence-electron chi connectivity index (χ1n) is 7.49. The van der Waals surface area contributed by atoms with Gasteiger partial charge in [-0.1, -0.05) is 25.5 Å². The zero-order valence-electron chi connectivity index (χ0n) is 12.7. The van der Waals surface area contributed by atoms with Crippen molar-refractivity contribution in [2.24, 2.45) is 0 Å². The fourth-order valence-corrected chi connectivity index (χ4v) is 3.84. The largest absolute Gasteiger partial charge is 0.339 e. The van der Waals surface area contributed by atoms with E-state index in [2.05, 4.69) is 6.92 Å². The van der Waals surface area contributed by atoms with Gasteiger partial charge in [0.2, 0.25) is 0 Å². The SMILES string of the molecule is CCCc1ccc(C(=O)N2CCC(S(C)(=O)=O)CC2)cc1. The third-order valence-electron chi connectivity index (χ3n) is 4.07. The Balaban J connectivity index is 1.98. The molecule has 1 aliphatic rings. The van der Waals surface area contributed by atoms with Crippen molar-refractivity contribution in [3.05, 3.63) is 35.4 Å². The Morgan fingerprint density at radius 1 is 1.19 bits per heavy atom. The second-order valence-corrected chi connectivity index (χ2v) is 8.09. The molecule has 1 heterocycles. The third-order valence-corrected chi connectivity index (χ3v) is 5.76. The fourth-order valence-electron chi connectivity index (χ4n) is 2.77. The van der Waals surface area contributed by atoms with E-state index in [0.29, 0.717) is 31.5 Å². The maximum absolute atomic E-state index is 12.4. The van der Waals surface area contributed by atoms with Crippen LogP contribution in [0.4, 0.5) is 0 Å². The van der Waals surface area contributed by atoms with Gasteiger partial charge in [-0.15, -0.1) is 0 Å². The molecule has 4 nitrogen and oxygen atoms in total. The fraction of sp³-hybridized carbons (Fsp3) is 0.562. The molecule has 1 amide bonds. The Hall–Kier alpha value is -1.36. The highest BCUT2D eigenvalue weighted by molar-refractivity contribution is 7.91. The maximum atomic E-state index is 12.4. The van der Waals surface area contributed by atoms with Crippen LogP contribution >= 0.6 is 0 Å². The van der Waals surface area contributed by atoms with Crippen LogP contribution in [0, 0.1) is 0 Å². The van der Waals surface area contributed by atoms with Gasteiger partial charge in [0.05, 0.1) is 5.25 Å². The van der Waals surface area contributed by atoms with Crippen LogP contribution in [-0.4, -0.2) is 43.8 Å². The summed E-state index contributed by atoms with van der Waals surface area (Å²) >= 11 is 0. The molecule has 1 saturated heterocycles. The Labute approximate surface area is 127 Å². The summed E-state index contributed by atoms with van der Waals surface area (Å²) in [5.74, 6) is 0.00463. The quantitative estimate of drug-likeness (QED) is 0.857. The van der Waals surface area contributed by atoms with Gasteiger partial charge in [-0.2, -0.15) is 0 Å². The van der Waals surface area contributed by atoms with E-state index >= 15 is 0 Å². The van der Waals surface area contributed by atoms with E-state index < -0.39 is 9.84 Å². The number of benzene rings is 1. The monoisotopic (exact) mass is 309 g/mol. The Morgan fingerprint density at radius 3 is 2.24 bits per heavy atom. The molecule has 0 radical (unpaired) electrons. The summed E-state index contributed by atoms with van der Waals surface area (Å²) in [6.07, 6.45) is 4.47. The molecule has 0 saturated carbocycles. The van der Waals surface area contributed by atoms with E-state index in [4.69, 9.17) is 0 Å². The van der Waals surface area contributed by atoms with Crippen molar-refractivity contribution in [3.8, 4) is 0 Å². The van der Waals surface area contributed by atoms with Crippen LogP contribution in [0.15, 0.2) is 24.3 Å². The van der Waals surface area contributed by atoms with Gasteiger partial charge in [-0.25, -0.2) is 8.42 Å². The van der Waals surface area contributed by atoms with Crippen LogP contribution in [0.1, 0.15) is 42.1 Å². The number of carbonyl (C=O) groups is 1. The first kappa shape index (κ1) is 16.0. The van der Waals surface area contributed by atoms with E-state index in [1.54, 1.807) is 4.90 Å². The van der Waals surface area contributed by atoms with Crippen molar-refractivity contribution < 1.29 is 13.2 Å². The zero-order chi connectivity index (χ0) is 15.5. The highest BCUT2D eigenvalue weighted by Crippen LogP contribution is 2.19. The van der Waals surface area contributed by atoms with Crippen molar-refractivity contribution in [1.29, 1.82) is 0 Å². The summed E-state index contributed by atoms with van der Waals surface area (Å²) in [5.41, 5.74) is 1.93. The summed E-state index contributed by atoms with van der Waals surface area (Å²) in [6, 6.07) is 7.74. The first-order chi connectivity index (χ1) is 9.91. The summed E-state index contributed by atoms with van der Waals surface area (Å²) in [5, 5.41) is -0.298. The van der Waals surface area contributed by atoms with E-state index in [9.17, 15) is 13.2 Å². The molecular weight excluding hydrogens is 286 g/mol. The Kier molecular flexibility index (Phi) is 5.04. The highest BCUT2D eigenvalue weighted by atomic mass is 32.2. The van der Waals surface area contributed by atoms with Crippen LogP contribution < -0.4 is 0 Å². The molecular formula is C16H23NO3S. The Morgan fingerprint density at radius 2 is 1.76 bits per heavy atom. The number of rotatable bonds is 4. The van der Waals surface area contributed by atoms with Crippen molar-refractivity contribution >= 4 is 15.7 Å². The minimum Gasteiger partial charge on any atom is -0.339 e. The second kappa shape index (κ2) is 6.60. The zero-order valence-corrected chi connectivity index (χ0v) is 13.5. The molecule has 1 aromatic carbocycles. The number of sulfone groups is 1. The standard InChI is InChI=1S/C16H23NO3S/c1-3-4-13-5-7-14(8-6-13)16(18)17-11-9-15(10-12-17)21(2,19)20/h5-8,15H,3-4,9-12H2,1-2H3. The molecule has 0 N–H and O–H groups in total. The molecule has 0 spiro atoms. The lowest BCUT2D eigenvalue weighted by Gasteiger charge is -2.31. The van der Waals surface area contributed by atoms with Gasteiger partial charge in [0.1, 0.15) is 9.84 Å². The van der Waals surface area contributed by atoms with Crippen molar-refractivity contribution in [1.82, 2.24) is 4.90 Å². The van der Waals surface area contributed by atoms with Gasteiger partial charge in [-0.05, 0) is 37.0 Å². The molecule has 0 unspecified atom stereocenters. The number of likely N-dealkylation sites (tertiary alicyclic amines) is 1. The van der Waals surface area contributed by atoms with Crippen LogP contribution in [-0.2, 0) is 16.3 Å². The molecule has 0 bridgehead atoms. The molecule has 2 rings (SSSR count). The molecule has 1 aromatic rings. The molecule has 0 aliphatic carbocycles. The van der Waals surface area contributed by atoms with Gasteiger partial charge in [0, 0.05) is 24.9 Å². The predicted octanol–water partition coefficient (Wildman–Crippen LogP) is 2.29. The lowest BCUT2D eigenvalue weighted by molar-refractivity contribution is 0.0725. The van der Waals surface area contributed by atoms with Crippen molar-refractivity contribution in [3.63, 3.8) is 0 Å². The van der Waals surface area contributed by atoms with Gasteiger partial charge < -0.3 is 4.90 Å². The average Bonchev–Trinajstić information content (AvgIpc) is 2.47.